The number of halogens is 3. The maximum absolute atomic E-state index is 5.96. The standard InChI is InChI=1S/C10H8Cl3N5O/c11-4-1-6(13)7(2-5(4)12)19-3-8-16-9(14)18-10(15)17-8/h1-2H,3H2,(H4,14,15,16,17,18). The van der Waals surface area contributed by atoms with Crippen LogP contribution in [0.5, 0.6) is 5.75 Å². The van der Waals surface area contributed by atoms with E-state index in [4.69, 9.17) is 51.0 Å². The quantitative estimate of drug-likeness (QED) is 0.843. The molecule has 1 aromatic heterocycles. The number of hydrogen-bond donors (Lipinski definition) is 2. The lowest BCUT2D eigenvalue weighted by molar-refractivity contribution is 0.296. The van der Waals surface area contributed by atoms with E-state index in [1.807, 2.05) is 0 Å². The third-order valence-corrected chi connectivity index (χ3v) is 3.07. The lowest BCUT2D eigenvalue weighted by Gasteiger charge is -2.08. The van der Waals surface area contributed by atoms with Gasteiger partial charge in [0.2, 0.25) is 11.9 Å². The Morgan fingerprint density at radius 1 is 0.895 bits per heavy atom. The summed E-state index contributed by atoms with van der Waals surface area (Å²) in [6, 6.07) is 2.98. The number of anilines is 2. The van der Waals surface area contributed by atoms with Gasteiger partial charge in [0.25, 0.3) is 0 Å². The molecule has 1 heterocycles. The summed E-state index contributed by atoms with van der Waals surface area (Å²) in [6.07, 6.45) is 0. The van der Waals surface area contributed by atoms with Gasteiger partial charge < -0.3 is 16.2 Å². The number of nitrogens with zero attached hydrogens (tertiary/aromatic N) is 3. The first kappa shape index (κ1) is 13.9. The molecule has 0 saturated carbocycles. The molecule has 0 atom stereocenters. The normalized spacial score (nSPS) is 10.5. The van der Waals surface area contributed by atoms with Gasteiger partial charge in [-0.05, 0) is 6.07 Å². The fraction of sp³-hybridized carbons (Fsp3) is 0.100. The summed E-state index contributed by atoms with van der Waals surface area (Å²) >= 11 is 17.6. The van der Waals surface area contributed by atoms with Gasteiger partial charge in [0.05, 0.1) is 15.1 Å². The molecular weight excluding hydrogens is 313 g/mol. The van der Waals surface area contributed by atoms with Crippen LogP contribution in [0.1, 0.15) is 5.82 Å². The fourth-order valence-corrected chi connectivity index (χ4v) is 1.87. The number of hydrogen-bond acceptors (Lipinski definition) is 6. The minimum absolute atomic E-state index is 0.0198. The molecule has 100 valence electrons. The van der Waals surface area contributed by atoms with Crippen LogP contribution in [0, 0.1) is 0 Å². The van der Waals surface area contributed by atoms with Crippen LogP contribution in [-0.2, 0) is 6.61 Å². The van der Waals surface area contributed by atoms with Crippen LogP contribution in [0.15, 0.2) is 12.1 Å². The molecule has 0 bridgehead atoms. The minimum atomic E-state index is 0.0198. The van der Waals surface area contributed by atoms with E-state index in [0.29, 0.717) is 20.8 Å². The molecule has 0 aliphatic rings. The molecule has 0 amide bonds. The van der Waals surface area contributed by atoms with E-state index in [0.717, 1.165) is 0 Å². The SMILES string of the molecule is Nc1nc(N)nc(COc2cc(Cl)c(Cl)cc2Cl)n1. The number of rotatable bonds is 3. The fourth-order valence-electron chi connectivity index (χ4n) is 1.28. The first-order chi connectivity index (χ1) is 8.95. The number of ether oxygens (including phenoxy) is 1. The molecule has 19 heavy (non-hydrogen) atoms. The average Bonchev–Trinajstić information content (AvgIpc) is 2.31. The summed E-state index contributed by atoms with van der Waals surface area (Å²) < 4.78 is 5.43. The highest BCUT2D eigenvalue weighted by Crippen LogP contribution is 2.34. The average molecular weight is 321 g/mol. The maximum atomic E-state index is 5.96. The van der Waals surface area contributed by atoms with E-state index in [1.54, 1.807) is 0 Å². The second kappa shape index (κ2) is 5.64. The van der Waals surface area contributed by atoms with E-state index in [-0.39, 0.29) is 24.3 Å². The molecule has 2 rings (SSSR count). The Bertz CT molecular complexity index is 602. The minimum Gasteiger partial charge on any atom is -0.484 e. The summed E-state index contributed by atoms with van der Waals surface area (Å²) in [5.74, 6) is 0.679. The molecule has 0 fully saturated rings. The third kappa shape index (κ3) is 3.50. The number of nitrogens with two attached hydrogens (primary N) is 2. The Labute approximate surface area is 123 Å². The van der Waals surface area contributed by atoms with Crippen molar-refractivity contribution >= 4 is 46.7 Å². The summed E-state index contributed by atoms with van der Waals surface area (Å²) in [5, 5.41) is 0.993. The Kier molecular flexibility index (Phi) is 4.14. The van der Waals surface area contributed by atoms with Crippen molar-refractivity contribution in [3.8, 4) is 5.75 Å². The lowest BCUT2D eigenvalue weighted by Crippen LogP contribution is -2.09. The van der Waals surface area contributed by atoms with Crippen molar-refractivity contribution in [1.82, 2.24) is 15.0 Å². The molecule has 6 nitrogen and oxygen atoms in total. The largest absolute Gasteiger partial charge is 0.484 e. The Morgan fingerprint density at radius 3 is 2.11 bits per heavy atom. The van der Waals surface area contributed by atoms with Crippen molar-refractivity contribution in [3.05, 3.63) is 33.0 Å². The van der Waals surface area contributed by atoms with Crippen molar-refractivity contribution in [1.29, 1.82) is 0 Å². The van der Waals surface area contributed by atoms with E-state index in [9.17, 15) is 0 Å². The first-order valence-corrected chi connectivity index (χ1v) is 6.12. The zero-order valence-corrected chi connectivity index (χ0v) is 11.7. The number of nitrogen functional groups attached to an aromatic ring is 2. The van der Waals surface area contributed by atoms with Crippen LogP contribution in [0.2, 0.25) is 15.1 Å². The Hall–Kier alpha value is -1.50. The third-order valence-electron chi connectivity index (χ3n) is 2.05. The second-order valence-corrected chi connectivity index (χ2v) is 4.68. The summed E-state index contributed by atoms with van der Waals surface area (Å²) in [4.78, 5) is 11.4. The van der Waals surface area contributed by atoms with Crippen LogP contribution < -0.4 is 16.2 Å². The van der Waals surface area contributed by atoms with Crippen LogP contribution in [0.4, 0.5) is 11.9 Å². The van der Waals surface area contributed by atoms with Crippen LogP contribution >= 0.6 is 34.8 Å². The number of aromatic nitrogens is 3. The van der Waals surface area contributed by atoms with Gasteiger partial charge in [-0.1, -0.05) is 34.8 Å². The van der Waals surface area contributed by atoms with Gasteiger partial charge in [0, 0.05) is 6.07 Å². The topological polar surface area (TPSA) is 99.9 Å². The molecule has 0 radical (unpaired) electrons. The number of benzene rings is 1. The van der Waals surface area contributed by atoms with E-state index in [1.165, 1.54) is 12.1 Å². The van der Waals surface area contributed by atoms with Crippen molar-refractivity contribution in [2.75, 3.05) is 11.5 Å². The van der Waals surface area contributed by atoms with Crippen LogP contribution in [0.3, 0.4) is 0 Å². The van der Waals surface area contributed by atoms with E-state index >= 15 is 0 Å². The highest BCUT2D eigenvalue weighted by Gasteiger charge is 2.09. The molecule has 0 saturated heterocycles. The zero-order chi connectivity index (χ0) is 14.0. The van der Waals surface area contributed by atoms with Crippen LogP contribution in [0.25, 0.3) is 0 Å². The Morgan fingerprint density at radius 2 is 1.47 bits per heavy atom. The Balaban J connectivity index is 2.16. The van der Waals surface area contributed by atoms with Gasteiger partial charge in [-0.15, -0.1) is 0 Å². The van der Waals surface area contributed by atoms with Gasteiger partial charge >= 0.3 is 0 Å². The monoisotopic (exact) mass is 319 g/mol. The molecular formula is C10H8Cl3N5O. The van der Waals surface area contributed by atoms with Crippen molar-refractivity contribution in [2.45, 2.75) is 6.61 Å². The van der Waals surface area contributed by atoms with Crippen molar-refractivity contribution < 1.29 is 4.74 Å². The second-order valence-electron chi connectivity index (χ2n) is 3.45. The predicted molar refractivity (Wildman–Crippen MR) is 74.5 cm³/mol. The first-order valence-electron chi connectivity index (χ1n) is 4.99. The molecule has 0 aliphatic heterocycles. The molecule has 9 heteroatoms. The van der Waals surface area contributed by atoms with Gasteiger partial charge in [0.15, 0.2) is 5.82 Å². The van der Waals surface area contributed by atoms with Crippen LogP contribution in [-0.4, -0.2) is 15.0 Å². The highest BCUT2D eigenvalue weighted by molar-refractivity contribution is 6.43. The van der Waals surface area contributed by atoms with Gasteiger partial charge in [-0.3, -0.25) is 0 Å². The molecule has 4 N–H and O–H groups in total. The van der Waals surface area contributed by atoms with E-state index < -0.39 is 0 Å². The molecule has 0 spiro atoms. The highest BCUT2D eigenvalue weighted by atomic mass is 35.5. The maximum Gasteiger partial charge on any atom is 0.225 e. The van der Waals surface area contributed by atoms with E-state index in [2.05, 4.69) is 15.0 Å². The summed E-state index contributed by atoms with van der Waals surface area (Å²) in [5.41, 5.74) is 10.9. The zero-order valence-electron chi connectivity index (χ0n) is 9.40. The lowest BCUT2D eigenvalue weighted by atomic mass is 10.3. The summed E-state index contributed by atoms with van der Waals surface area (Å²) in [7, 11) is 0. The van der Waals surface area contributed by atoms with Crippen molar-refractivity contribution in [2.24, 2.45) is 0 Å². The van der Waals surface area contributed by atoms with Gasteiger partial charge in [0.1, 0.15) is 12.4 Å². The molecule has 2 aromatic rings. The smallest absolute Gasteiger partial charge is 0.225 e. The molecule has 0 aliphatic carbocycles. The molecule has 0 unspecified atom stereocenters. The van der Waals surface area contributed by atoms with Crippen molar-refractivity contribution in [3.63, 3.8) is 0 Å². The predicted octanol–water partition coefficient (Wildman–Crippen LogP) is 2.58. The summed E-state index contributed by atoms with van der Waals surface area (Å²) in [6.45, 7) is 0.0224. The van der Waals surface area contributed by atoms with Gasteiger partial charge in [-0.2, -0.15) is 15.0 Å². The van der Waals surface area contributed by atoms with Gasteiger partial charge in [-0.25, -0.2) is 0 Å². The molecule has 1 aromatic carbocycles.